The Hall–Kier alpha value is -3.27. The first kappa shape index (κ1) is 19.1. The minimum absolute atomic E-state index is 0.0601. The van der Waals surface area contributed by atoms with Crippen LogP contribution in [0.3, 0.4) is 0 Å². The van der Waals surface area contributed by atoms with Crippen molar-refractivity contribution in [2.45, 2.75) is 25.5 Å². The number of rotatable bonds is 7. The lowest BCUT2D eigenvalue weighted by Gasteiger charge is -2.27. The third kappa shape index (κ3) is 4.96. The van der Waals surface area contributed by atoms with Gasteiger partial charge in [-0.1, -0.05) is 54.6 Å². The lowest BCUT2D eigenvalue weighted by atomic mass is 10.1. The van der Waals surface area contributed by atoms with Crippen LogP contribution in [0, 0.1) is 0 Å². The van der Waals surface area contributed by atoms with Crippen LogP contribution in [0.4, 0.5) is 5.69 Å². The van der Waals surface area contributed by atoms with Gasteiger partial charge in [0.2, 0.25) is 0 Å². The number of benzene rings is 3. The normalized spacial score (nSPS) is 15.9. The minimum Gasteiger partial charge on any atom is -0.489 e. The number of para-hydroxylation sites is 1. The maximum absolute atomic E-state index is 12.7. The molecule has 1 aliphatic rings. The van der Waals surface area contributed by atoms with Crippen molar-refractivity contribution in [1.82, 2.24) is 5.32 Å². The zero-order valence-corrected chi connectivity index (χ0v) is 16.5. The van der Waals surface area contributed by atoms with Crippen molar-refractivity contribution >= 4 is 11.6 Å². The number of carbonyl (C=O) groups is 1. The van der Waals surface area contributed by atoms with E-state index in [0.717, 1.165) is 24.9 Å². The van der Waals surface area contributed by atoms with Crippen LogP contribution in [-0.2, 0) is 6.61 Å². The van der Waals surface area contributed by atoms with Crippen LogP contribution < -0.4 is 15.0 Å². The van der Waals surface area contributed by atoms with Gasteiger partial charge < -0.3 is 15.0 Å². The molecular formula is C25H26N2O2. The third-order valence-electron chi connectivity index (χ3n) is 5.31. The van der Waals surface area contributed by atoms with Crippen LogP contribution in [0.1, 0.15) is 28.8 Å². The number of ether oxygens (including phenoxy) is 1. The molecule has 0 radical (unpaired) electrons. The highest BCUT2D eigenvalue weighted by Gasteiger charge is 2.25. The lowest BCUT2D eigenvalue weighted by molar-refractivity contribution is 0.0951. The van der Waals surface area contributed by atoms with E-state index in [2.05, 4.69) is 34.5 Å². The van der Waals surface area contributed by atoms with E-state index in [4.69, 9.17) is 4.74 Å². The number of hydrogen-bond donors (Lipinski definition) is 1. The fourth-order valence-electron chi connectivity index (χ4n) is 3.79. The Balaban J connectivity index is 1.34. The first-order valence-electron chi connectivity index (χ1n) is 10.2. The van der Waals surface area contributed by atoms with Crippen LogP contribution in [0.5, 0.6) is 5.75 Å². The summed E-state index contributed by atoms with van der Waals surface area (Å²) in [7, 11) is 0. The zero-order valence-electron chi connectivity index (χ0n) is 16.5. The quantitative estimate of drug-likeness (QED) is 0.642. The molecule has 0 aliphatic carbocycles. The number of amides is 1. The highest BCUT2D eigenvalue weighted by atomic mass is 16.5. The third-order valence-corrected chi connectivity index (χ3v) is 5.31. The monoisotopic (exact) mass is 386 g/mol. The summed E-state index contributed by atoms with van der Waals surface area (Å²) in [5.41, 5.74) is 2.95. The average Bonchev–Trinajstić information content (AvgIpc) is 3.26. The van der Waals surface area contributed by atoms with Crippen molar-refractivity contribution in [2.24, 2.45) is 0 Å². The van der Waals surface area contributed by atoms with Gasteiger partial charge in [-0.15, -0.1) is 0 Å². The smallest absolute Gasteiger partial charge is 0.251 e. The molecule has 1 amide bonds. The molecule has 0 aromatic heterocycles. The van der Waals surface area contributed by atoms with Crippen molar-refractivity contribution < 1.29 is 9.53 Å². The number of hydrogen-bond acceptors (Lipinski definition) is 3. The van der Waals surface area contributed by atoms with Gasteiger partial charge in [0.15, 0.2) is 0 Å². The first-order valence-corrected chi connectivity index (χ1v) is 10.2. The number of nitrogens with zero attached hydrogens (tertiary/aromatic N) is 1. The van der Waals surface area contributed by atoms with Crippen molar-refractivity contribution in [2.75, 3.05) is 18.0 Å². The molecular weight excluding hydrogens is 360 g/mol. The Bertz CT molecular complexity index is 928. The Morgan fingerprint density at radius 2 is 1.72 bits per heavy atom. The lowest BCUT2D eigenvalue weighted by Crippen LogP contribution is -2.40. The maximum Gasteiger partial charge on any atom is 0.251 e. The molecule has 0 bridgehead atoms. The minimum atomic E-state index is -0.0601. The summed E-state index contributed by atoms with van der Waals surface area (Å²) in [5.74, 6) is 0.642. The molecule has 0 spiro atoms. The van der Waals surface area contributed by atoms with Gasteiger partial charge in [0.25, 0.3) is 5.91 Å². The van der Waals surface area contributed by atoms with Gasteiger partial charge in [-0.3, -0.25) is 4.79 Å². The van der Waals surface area contributed by atoms with E-state index in [0.29, 0.717) is 30.5 Å². The van der Waals surface area contributed by atoms with Gasteiger partial charge in [-0.25, -0.2) is 0 Å². The van der Waals surface area contributed by atoms with Crippen LogP contribution in [0.25, 0.3) is 0 Å². The maximum atomic E-state index is 12.7. The fraction of sp³-hybridized carbons (Fsp3) is 0.240. The molecule has 4 nitrogen and oxygen atoms in total. The topological polar surface area (TPSA) is 41.6 Å². The molecule has 29 heavy (non-hydrogen) atoms. The molecule has 1 unspecified atom stereocenters. The van der Waals surface area contributed by atoms with Crippen molar-refractivity contribution in [3.8, 4) is 5.75 Å². The van der Waals surface area contributed by atoms with Crippen LogP contribution in [-0.4, -0.2) is 25.0 Å². The summed E-state index contributed by atoms with van der Waals surface area (Å²) >= 11 is 0. The summed E-state index contributed by atoms with van der Waals surface area (Å²) in [4.78, 5) is 15.1. The second kappa shape index (κ2) is 9.28. The molecule has 4 rings (SSSR count). The predicted molar refractivity (Wildman–Crippen MR) is 116 cm³/mol. The van der Waals surface area contributed by atoms with E-state index in [9.17, 15) is 4.79 Å². The van der Waals surface area contributed by atoms with Crippen molar-refractivity contribution in [1.29, 1.82) is 0 Å². The van der Waals surface area contributed by atoms with Gasteiger partial charge in [0.1, 0.15) is 12.4 Å². The first-order chi connectivity index (χ1) is 14.3. The molecule has 1 atom stereocenters. The molecule has 1 saturated heterocycles. The Kier molecular flexibility index (Phi) is 6.10. The van der Waals surface area contributed by atoms with Gasteiger partial charge >= 0.3 is 0 Å². The van der Waals surface area contributed by atoms with E-state index in [1.54, 1.807) is 0 Å². The highest BCUT2D eigenvalue weighted by molar-refractivity contribution is 5.94. The van der Waals surface area contributed by atoms with Crippen molar-refractivity contribution in [3.63, 3.8) is 0 Å². The molecule has 3 aromatic rings. The molecule has 148 valence electrons. The molecule has 3 aromatic carbocycles. The number of nitrogens with one attached hydrogen (secondary N) is 1. The van der Waals surface area contributed by atoms with E-state index >= 15 is 0 Å². The predicted octanol–water partition coefficient (Wildman–Crippen LogP) is 4.66. The van der Waals surface area contributed by atoms with Gasteiger partial charge in [-0.05, 0) is 48.7 Å². The number of carbonyl (C=O) groups excluding carboxylic acids is 1. The van der Waals surface area contributed by atoms with Gasteiger partial charge in [0.05, 0.1) is 0 Å². The standard InChI is InChI=1S/C25H26N2O2/c28-25(26-18-23-14-8-16-27(23)22-12-5-2-6-13-22)21-11-7-15-24(17-21)29-19-20-9-3-1-4-10-20/h1-7,9-13,15,17,23H,8,14,16,18-19H2,(H,26,28). The number of anilines is 1. The summed E-state index contributed by atoms with van der Waals surface area (Å²) < 4.78 is 5.85. The average molecular weight is 386 g/mol. The Labute approximate surface area is 172 Å². The van der Waals surface area contributed by atoms with Crippen LogP contribution in [0.2, 0.25) is 0 Å². The Morgan fingerprint density at radius 3 is 2.52 bits per heavy atom. The van der Waals surface area contributed by atoms with Crippen LogP contribution >= 0.6 is 0 Å². The zero-order chi connectivity index (χ0) is 19.9. The van der Waals surface area contributed by atoms with E-state index < -0.39 is 0 Å². The SMILES string of the molecule is O=C(NCC1CCCN1c1ccccc1)c1cccc(OCc2ccccc2)c1. The molecule has 1 N–H and O–H groups in total. The molecule has 4 heteroatoms. The van der Waals surface area contributed by atoms with Gasteiger partial charge in [-0.2, -0.15) is 0 Å². The summed E-state index contributed by atoms with van der Waals surface area (Å²) in [6, 6.07) is 28.1. The fourth-order valence-corrected chi connectivity index (χ4v) is 3.79. The van der Waals surface area contributed by atoms with Crippen molar-refractivity contribution in [3.05, 3.63) is 96.1 Å². The Morgan fingerprint density at radius 1 is 0.966 bits per heavy atom. The highest BCUT2D eigenvalue weighted by Crippen LogP contribution is 2.25. The summed E-state index contributed by atoms with van der Waals surface area (Å²) in [5, 5.41) is 3.11. The molecule has 1 fully saturated rings. The van der Waals surface area contributed by atoms with E-state index in [-0.39, 0.29) is 5.91 Å². The summed E-state index contributed by atoms with van der Waals surface area (Å²) in [6.45, 7) is 2.16. The van der Waals surface area contributed by atoms with Gasteiger partial charge in [0, 0.05) is 30.4 Å². The summed E-state index contributed by atoms with van der Waals surface area (Å²) in [6.07, 6.45) is 2.24. The molecule has 0 saturated carbocycles. The largest absolute Gasteiger partial charge is 0.489 e. The molecule has 1 heterocycles. The second-order valence-electron chi connectivity index (χ2n) is 7.34. The van der Waals surface area contributed by atoms with E-state index in [1.807, 2.05) is 60.7 Å². The van der Waals surface area contributed by atoms with E-state index in [1.165, 1.54) is 5.69 Å². The second-order valence-corrected chi connectivity index (χ2v) is 7.34. The van der Waals surface area contributed by atoms with Crippen LogP contribution in [0.15, 0.2) is 84.9 Å². The molecule has 1 aliphatic heterocycles.